The minimum Gasteiger partial charge on any atom is -0.365 e. The van der Waals surface area contributed by atoms with E-state index in [-0.39, 0.29) is 11.9 Å². The van der Waals surface area contributed by atoms with Crippen molar-refractivity contribution >= 4 is 5.91 Å². The summed E-state index contributed by atoms with van der Waals surface area (Å²) in [6.45, 7) is 7.33. The second-order valence-corrected chi connectivity index (χ2v) is 4.73. The SMILES string of the molecule is C[C@@H]1CNCCN1C(=O)C1(C)CCCO1. The third kappa shape index (κ3) is 2.01. The van der Waals surface area contributed by atoms with Crippen LogP contribution < -0.4 is 5.32 Å². The van der Waals surface area contributed by atoms with E-state index in [0.717, 1.165) is 39.1 Å². The molecule has 4 nitrogen and oxygen atoms in total. The molecule has 15 heavy (non-hydrogen) atoms. The van der Waals surface area contributed by atoms with Crippen molar-refractivity contribution in [2.45, 2.75) is 38.3 Å². The zero-order valence-corrected chi connectivity index (χ0v) is 9.58. The van der Waals surface area contributed by atoms with Gasteiger partial charge in [-0.05, 0) is 26.7 Å². The van der Waals surface area contributed by atoms with E-state index in [2.05, 4.69) is 12.2 Å². The van der Waals surface area contributed by atoms with Crippen LogP contribution in [0.3, 0.4) is 0 Å². The first-order chi connectivity index (χ1) is 7.13. The molecular weight excluding hydrogens is 192 g/mol. The van der Waals surface area contributed by atoms with Gasteiger partial charge in [-0.15, -0.1) is 0 Å². The molecule has 2 saturated heterocycles. The predicted octanol–water partition coefficient (Wildman–Crippen LogP) is 0.376. The maximum Gasteiger partial charge on any atom is 0.254 e. The number of ether oxygens (including phenoxy) is 1. The van der Waals surface area contributed by atoms with E-state index in [4.69, 9.17) is 4.74 Å². The van der Waals surface area contributed by atoms with Crippen LogP contribution in [0, 0.1) is 0 Å². The number of nitrogens with zero attached hydrogens (tertiary/aromatic N) is 1. The Bertz CT molecular complexity index is 249. The van der Waals surface area contributed by atoms with Crippen LogP contribution in [0.1, 0.15) is 26.7 Å². The predicted molar refractivity (Wildman–Crippen MR) is 57.6 cm³/mol. The zero-order chi connectivity index (χ0) is 10.9. The molecule has 0 radical (unpaired) electrons. The monoisotopic (exact) mass is 212 g/mol. The summed E-state index contributed by atoms with van der Waals surface area (Å²) >= 11 is 0. The summed E-state index contributed by atoms with van der Waals surface area (Å²) in [6.07, 6.45) is 1.87. The van der Waals surface area contributed by atoms with Crippen LogP contribution in [0.15, 0.2) is 0 Å². The first-order valence-electron chi connectivity index (χ1n) is 5.79. The van der Waals surface area contributed by atoms with Gasteiger partial charge in [0.2, 0.25) is 0 Å². The maximum absolute atomic E-state index is 12.3. The average molecular weight is 212 g/mol. The Kier molecular flexibility index (Phi) is 2.98. The molecular formula is C11H20N2O2. The molecule has 2 fully saturated rings. The maximum atomic E-state index is 12.3. The van der Waals surface area contributed by atoms with E-state index in [1.807, 2.05) is 11.8 Å². The van der Waals surface area contributed by atoms with E-state index in [1.165, 1.54) is 0 Å². The minimum atomic E-state index is -0.550. The van der Waals surface area contributed by atoms with Crippen LogP contribution in [-0.2, 0) is 9.53 Å². The van der Waals surface area contributed by atoms with Crippen molar-refractivity contribution in [3.63, 3.8) is 0 Å². The molecule has 0 spiro atoms. The van der Waals surface area contributed by atoms with Gasteiger partial charge in [0.1, 0.15) is 5.60 Å². The van der Waals surface area contributed by atoms with Crippen molar-refractivity contribution in [2.24, 2.45) is 0 Å². The van der Waals surface area contributed by atoms with Gasteiger partial charge in [0.25, 0.3) is 5.91 Å². The Morgan fingerprint density at radius 1 is 1.60 bits per heavy atom. The van der Waals surface area contributed by atoms with Crippen LogP contribution in [0.5, 0.6) is 0 Å². The van der Waals surface area contributed by atoms with Crippen molar-refractivity contribution in [3.8, 4) is 0 Å². The number of hydrogen-bond acceptors (Lipinski definition) is 3. The third-order valence-corrected chi connectivity index (χ3v) is 3.43. The number of nitrogens with one attached hydrogen (secondary N) is 1. The summed E-state index contributed by atoms with van der Waals surface area (Å²) in [5.41, 5.74) is -0.550. The normalized spacial score (nSPS) is 36.9. The number of rotatable bonds is 1. The van der Waals surface area contributed by atoms with Gasteiger partial charge in [-0.1, -0.05) is 0 Å². The molecule has 0 aliphatic carbocycles. The van der Waals surface area contributed by atoms with Crippen LogP contribution >= 0.6 is 0 Å². The largest absolute Gasteiger partial charge is 0.365 e. The molecule has 0 aromatic heterocycles. The quantitative estimate of drug-likeness (QED) is 0.683. The van der Waals surface area contributed by atoms with Gasteiger partial charge in [-0.3, -0.25) is 4.79 Å². The van der Waals surface area contributed by atoms with Crippen LogP contribution in [-0.4, -0.2) is 48.7 Å². The van der Waals surface area contributed by atoms with Crippen molar-refractivity contribution in [1.29, 1.82) is 0 Å². The van der Waals surface area contributed by atoms with Crippen molar-refractivity contribution in [2.75, 3.05) is 26.2 Å². The van der Waals surface area contributed by atoms with Gasteiger partial charge in [0.15, 0.2) is 0 Å². The molecule has 1 N–H and O–H groups in total. The van der Waals surface area contributed by atoms with E-state index in [9.17, 15) is 4.79 Å². The van der Waals surface area contributed by atoms with E-state index in [1.54, 1.807) is 0 Å². The minimum absolute atomic E-state index is 0.175. The third-order valence-electron chi connectivity index (χ3n) is 3.43. The van der Waals surface area contributed by atoms with Crippen LogP contribution in [0.25, 0.3) is 0 Å². The number of carbonyl (C=O) groups excluding carboxylic acids is 1. The highest BCUT2D eigenvalue weighted by Crippen LogP contribution is 2.28. The van der Waals surface area contributed by atoms with Gasteiger partial charge in [-0.25, -0.2) is 0 Å². The van der Waals surface area contributed by atoms with Crippen molar-refractivity contribution in [3.05, 3.63) is 0 Å². The molecule has 2 heterocycles. The number of piperazine rings is 1. The lowest BCUT2D eigenvalue weighted by molar-refractivity contribution is -0.153. The second kappa shape index (κ2) is 4.10. The standard InChI is InChI=1S/C11H20N2O2/c1-9-8-12-5-6-13(9)10(14)11(2)4-3-7-15-11/h9,12H,3-8H2,1-2H3/t9-,11?/m1/s1. The van der Waals surface area contributed by atoms with Gasteiger partial charge in [0, 0.05) is 32.3 Å². The second-order valence-electron chi connectivity index (χ2n) is 4.73. The number of amides is 1. The highest BCUT2D eigenvalue weighted by molar-refractivity contribution is 5.85. The van der Waals surface area contributed by atoms with Gasteiger partial charge >= 0.3 is 0 Å². The van der Waals surface area contributed by atoms with Gasteiger partial charge in [0.05, 0.1) is 0 Å². The fraction of sp³-hybridized carbons (Fsp3) is 0.909. The Hall–Kier alpha value is -0.610. The summed E-state index contributed by atoms with van der Waals surface area (Å²) < 4.78 is 5.59. The summed E-state index contributed by atoms with van der Waals surface area (Å²) in [4.78, 5) is 14.3. The van der Waals surface area contributed by atoms with Crippen molar-refractivity contribution < 1.29 is 9.53 Å². The summed E-state index contributed by atoms with van der Waals surface area (Å²) in [7, 11) is 0. The molecule has 2 aliphatic heterocycles. The molecule has 2 rings (SSSR count). The first-order valence-corrected chi connectivity index (χ1v) is 5.79. The van der Waals surface area contributed by atoms with E-state index >= 15 is 0 Å². The molecule has 0 aromatic carbocycles. The molecule has 2 aliphatic rings. The Morgan fingerprint density at radius 2 is 2.40 bits per heavy atom. The summed E-state index contributed by atoms with van der Waals surface area (Å²) in [5, 5.41) is 3.29. The number of hydrogen-bond donors (Lipinski definition) is 1. The highest BCUT2D eigenvalue weighted by Gasteiger charge is 2.42. The summed E-state index contributed by atoms with van der Waals surface area (Å²) in [6, 6.07) is 0.285. The lowest BCUT2D eigenvalue weighted by Crippen LogP contribution is -2.57. The lowest BCUT2D eigenvalue weighted by Gasteiger charge is -2.38. The number of carbonyl (C=O) groups is 1. The van der Waals surface area contributed by atoms with Crippen LogP contribution in [0.4, 0.5) is 0 Å². The van der Waals surface area contributed by atoms with Gasteiger partial charge < -0.3 is 15.0 Å². The first kappa shape index (κ1) is 10.9. The fourth-order valence-corrected chi connectivity index (χ4v) is 2.39. The van der Waals surface area contributed by atoms with E-state index < -0.39 is 5.60 Å². The topological polar surface area (TPSA) is 41.6 Å². The highest BCUT2D eigenvalue weighted by atomic mass is 16.5. The Labute approximate surface area is 91.0 Å². The van der Waals surface area contributed by atoms with Crippen LogP contribution in [0.2, 0.25) is 0 Å². The molecule has 4 heteroatoms. The van der Waals surface area contributed by atoms with E-state index in [0.29, 0.717) is 0 Å². The Morgan fingerprint density at radius 3 is 3.00 bits per heavy atom. The zero-order valence-electron chi connectivity index (χ0n) is 9.58. The summed E-state index contributed by atoms with van der Waals surface area (Å²) in [5.74, 6) is 0.175. The molecule has 1 unspecified atom stereocenters. The fourth-order valence-electron chi connectivity index (χ4n) is 2.39. The smallest absolute Gasteiger partial charge is 0.254 e. The average Bonchev–Trinajstić information content (AvgIpc) is 2.66. The molecule has 2 atom stereocenters. The molecule has 0 bridgehead atoms. The molecule has 1 amide bonds. The molecule has 86 valence electrons. The lowest BCUT2D eigenvalue weighted by atomic mass is 9.99. The van der Waals surface area contributed by atoms with Gasteiger partial charge in [-0.2, -0.15) is 0 Å². The van der Waals surface area contributed by atoms with Crippen molar-refractivity contribution in [1.82, 2.24) is 10.2 Å². The Balaban J connectivity index is 2.05. The molecule has 0 aromatic rings. The molecule has 0 saturated carbocycles.